The summed E-state index contributed by atoms with van der Waals surface area (Å²) in [5, 5.41) is 2.53. The van der Waals surface area contributed by atoms with Crippen molar-refractivity contribution in [3.05, 3.63) is 0 Å². The molecule has 0 aliphatic carbocycles. The molecule has 0 atom stereocenters. The first-order valence-electron chi connectivity index (χ1n) is 7.41. The topological polar surface area (TPSA) is 64.6 Å². The molecular formula is C15H29NO4. The molecule has 5 nitrogen and oxygen atoms in total. The van der Waals surface area contributed by atoms with E-state index in [2.05, 4.69) is 12.2 Å². The second-order valence-electron chi connectivity index (χ2n) is 6.09. The van der Waals surface area contributed by atoms with E-state index in [-0.39, 0.29) is 24.3 Å². The summed E-state index contributed by atoms with van der Waals surface area (Å²) in [5.41, 5.74) is -0.0608. The number of amides is 1. The van der Waals surface area contributed by atoms with E-state index in [1.807, 2.05) is 20.8 Å². The monoisotopic (exact) mass is 287 g/mol. The molecular weight excluding hydrogens is 258 g/mol. The molecule has 0 rings (SSSR count). The highest BCUT2D eigenvalue weighted by Gasteiger charge is 2.13. The molecule has 0 bridgehead atoms. The fraction of sp³-hybridized carbons (Fsp3) is 0.867. The normalized spacial score (nSPS) is 11.0. The molecule has 0 radical (unpaired) electrons. The third-order valence-electron chi connectivity index (χ3n) is 2.50. The summed E-state index contributed by atoms with van der Waals surface area (Å²) < 4.78 is 10.1. The van der Waals surface area contributed by atoms with Crippen LogP contribution in [0.2, 0.25) is 0 Å². The smallest absolute Gasteiger partial charge is 0.407 e. The predicted molar refractivity (Wildman–Crippen MR) is 78.5 cm³/mol. The molecule has 0 unspecified atom stereocenters. The van der Waals surface area contributed by atoms with Gasteiger partial charge in [0.2, 0.25) is 0 Å². The van der Waals surface area contributed by atoms with Crippen LogP contribution in [0.4, 0.5) is 4.79 Å². The number of hydrogen-bond acceptors (Lipinski definition) is 4. The third-order valence-corrected chi connectivity index (χ3v) is 2.50. The highest BCUT2D eigenvalue weighted by Crippen LogP contribution is 2.12. The van der Waals surface area contributed by atoms with Gasteiger partial charge in [-0.25, -0.2) is 4.79 Å². The van der Waals surface area contributed by atoms with Crippen LogP contribution in [0.3, 0.4) is 0 Å². The minimum atomic E-state index is -0.490. The molecule has 20 heavy (non-hydrogen) atoms. The van der Waals surface area contributed by atoms with Crippen LogP contribution in [0.15, 0.2) is 0 Å². The van der Waals surface area contributed by atoms with E-state index in [0.29, 0.717) is 13.2 Å². The van der Waals surface area contributed by atoms with Crippen LogP contribution >= 0.6 is 0 Å². The Labute approximate surface area is 122 Å². The lowest BCUT2D eigenvalue weighted by atomic mass is 9.99. The molecule has 0 aromatic rings. The van der Waals surface area contributed by atoms with Gasteiger partial charge < -0.3 is 14.8 Å². The molecule has 1 N–H and O–H groups in total. The summed E-state index contributed by atoms with van der Waals surface area (Å²) in [5.74, 6) is -0.280. The average molecular weight is 287 g/mol. The van der Waals surface area contributed by atoms with E-state index in [1.165, 1.54) is 6.42 Å². The molecule has 0 aliphatic heterocycles. The van der Waals surface area contributed by atoms with Gasteiger partial charge in [0.1, 0.15) is 0 Å². The van der Waals surface area contributed by atoms with E-state index in [9.17, 15) is 9.59 Å². The largest absolute Gasteiger partial charge is 0.466 e. The molecule has 0 spiro atoms. The first kappa shape index (κ1) is 18.7. The van der Waals surface area contributed by atoms with E-state index >= 15 is 0 Å². The highest BCUT2D eigenvalue weighted by molar-refractivity contribution is 5.71. The molecule has 0 fully saturated rings. The van der Waals surface area contributed by atoms with Gasteiger partial charge in [-0.05, 0) is 11.8 Å². The Balaban J connectivity index is 3.49. The van der Waals surface area contributed by atoms with Gasteiger partial charge in [0.25, 0.3) is 0 Å². The van der Waals surface area contributed by atoms with Gasteiger partial charge in [0.15, 0.2) is 0 Å². The zero-order valence-electron chi connectivity index (χ0n) is 13.3. The second-order valence-corrected chi connectivity index (χ2v) is 6.09. The Morgan fingerprint density at radius 1 is 1.05 bits per heavy atom. The molecule has 118 valence electrons. The van der Waals surface area contributed by atoms with Gasteiger partial charge in [0, 0.05) is 6.54 Å². The maximum absolute atomic E-state index is 11.4. The van der Waals surface area contributed by atoms with Gasteiger partial charge in [-0.2, -0.15) is 0 Å². The maximum Gasteiger partial charge on any atom is 0.407 e. The van der Waals surface area contributed by atoms with Crippen molar-refractivity contribution in [2.24, 2.45) is 5.41 Å². The second kappa shape index (κ2) is 10.5. The summed E-state index contributed by atoms with van der Waals surface area (Å²) in [4.78, 5) is 22.7. The van der Waals surface area contributed by atoms with Crippen LogP contribution in [0.5, 0.6) is 0 Å². The maximum atomic E-state index is 11.4. The SMILES string of the molecule is CCCCCCOC(=O)CCNC(=O)OCC(C)(C)C. The van der Waals surface area contributed by atoms with Crippen LogP contribution < -0.4 is 5.32 Å². The van der Waals surface area contributed by atoms with Crippen molar-refractivity contribution in [3.63, 3.8) is 0 Å². The Hall–Kier alpha value is -1.26. The third kappa shape index (κ3) is 13.2. The molecule has 0 saturated carbocycles. The molecule has 0 aromatic carbocycles. The summed E-state index contributed by atoms with van der Waals surface area (Å²) >= 11 is 0. The highest BCUT2D eigenvalue weighted by atomic mass is 16.5. The molecule has 0 heterocycles. The molecule has 1 amide bonds. The van der Waals surface area contributed by atoms with Crippen molar-refractivity contribution in [3.8, 4) is 0 Å². The predicted octanol–water partition coefficient (Wildman–Crippen LogP) is 3.27. The van der Waals surface area contributed by atoms with Crippen molar-refractivity contribution in [1.82, 2.24) is 5.32 Å². The van der Waals surface area contributed by atoms with Gasteiger partial charge in [-0.1, -0.05) is 47.0 Å². The molecule has 0 aromatic heterocycles. The number of carbonyl (C=O) groups is 2. The van der Waals surface area contributed by atoms with Crippen LogP contribution in [-0.4, -0.2) is 31.8 Å². The Morgan fingerprint density at radius 3 is 2.35 bits per heavy atom. The van der Waals surface area contributed by atoms with Crippen molar-refractivity contribution >= 4 is 12.1 Å². The van der Waals surface area contributed by atoms with Gasteiger partial charge in [-0.15, -0.1) is 0 Å². The summed E-state index contributed by atoms with van der Waals surface area (Å²) in [6, 6.07) is 0. The number of nitrogens with one attached hydrogen (secondary N) is 1. The van der Waals surface area contributed by atoms with Gasteiger partial charge in [0.05, 0.1) is 19.6 Å². The lowest BCUT2D eigenvalue weighted by Crippen LogP contribution is -2.30. The number of unbranched alkanes of at least 4 members (excludes halogenated alkanes) is 3. The molecule has 0 aliphatic rings. The van der Waals surface area contributed by atoms with E-state index in [0.717, 1.165) is 19.3 Å². The standard InChI is InChI=1S/C15H29NO4/c1-5-6-7-8-11-19-13(17)9-10-16-14(18)20-12-15(2,3)4/h5-12H2,1-4H3,(H,16,18). The van der Waals surface area contributed by atoms with Crippen molar-refractivity contribution in [2.45, 2.75) is 59.8 Å². The van der Waals surface area contributed by atoms with E-state index in [1.54, 1.807) is 0 Å². The minimum absolute atomic E-state index is 0.0608. The lowest BCUT2D eigenvalue weighted by molar-refractivity contribution is -0.143. The first-order valence-corrected chi connectivity index (χ1v) is 7.41. The minimum Gasteiger partial charge on any atom is -0.466 e. The fourth-order valence-corrected chi connectivity index (χ4v) is 1.39. The zero-order chi connectivity index (χ0) is 15.4. The van der Waals surface area contributed by atoms with Gasteiger partial charge >= 0.3 is 12.1 Å². The first-order chi connectivity index (χ1) is 9.35. The number of alkyl carbamates (subject to hydrolysis) is 1. The van der Waals surface area contributed by atoms with Crippen LogP contribution in [-0.2, 0) is 14.3 Å². The Bertz CT molecular complexity index is 284. The van der Waals surface area contributed by atoms with Gasteiger partial charge in [-0.3, -0.25) is 4.79 Å². The lowest BCUT2D eigenvalue weighted by Gasteiger charge is -2.17. The number of ether oxygens (including phenoxy) is 2. The van der Waals surface area contributed by atoms with Crippen molar-refractivity contribution in [2.75, 3.05) is 19.8 Å². The van der Waals surface area contributed by atoms with Crippen molar-refractivity contribution in [1.29, 1.82) is 0 Å². The van der Waals surface area contributed by atoms with Crippen LogP contribution in [0.1, 0.15) is 59.8 Å². The van der Waals surface area contributed by atoms with Crippen molar-refractivity contribution < 1.29 is 19.1 Å². The quantitative estimate of drug-likeness (QED) is 0.522. The number of hydrogen-bond donors (Lipinski definition) is 1. The zero-order valence-corrected chi connectivity index (χ0v) is 13.3. The summed E-state index contributed by atoms with van der Waals surface area (Å²) in [6.07, 6.45) is 4.00. The average Bonchev–Trinajstić information content (AvgIpc) is 2.35. The summed E-state index contributed by atoms with van der Waals surface area (Å²) in [6.45, 7) is 9.14. The number of rotatable bonds is 9. The Kier molecular flexibility index (Phi) is 9.86. The Morgan fingerprint density at radius 2 is 1.75 bits per heavy atom. The van der Waals surface area contributed by atoms with Crippen LogP contribution in [0, 0.1) is 5.41 Å². The fourth-order valence-electron chi connectivity index (χ4n) is 1.39. The number of carbonyl (C=O) groups excluding carboxylic acids is 2. The van der Waals surface area contributed by atoms with E-state index in [4.69, 9.17) is 9.47 Å². The summed E-state index contributed by atoms with van der Waals surface area (Å²) in [7, 11) is 0. The van der Waals surface area contributed by atoms with Crippen LogP contribution in [0.25, 0.3) is 0 Å². The molecule has 5 heteroatoms. The van der Waals surface area contributed by atoms with E-state index < -0.39 is 6.09 Å². The number of esters is 1. The molecule has 0 saturated heterocycles.